The van der Waals surface area contributed by atoms with Gasteiger partial charge in [-0.15, -0.1) is 0 Å². The van der Waals surface area contributed by atoms with E-state index in [0.29, 0.717) is 30.6 Å². The number of rotatable bonds is 6. The predicted octanol–water partition coefficient (Wildman–Crippen LogP) is 3.21. The molecule has 1 fully saturated rings. The molecule has 8 nitrogen and oxygen atoms in total. The van der Waals surface area contributed by atoms with Crippen LogP contribution in [-0.4, -0.2) is 61.0 Å². The van der Waals surface area contributed by atoms with Gasteiger partial charge in [0, 0.05) is 18.3 Å². The van der Waals surface area contributed by atoms with Crippen LogP contribution >= 0.6 is 0 Å². The maximum atomic E-state index is 13.5. The third kappa shape index (κ3) is 4.70. The summed E-state index contributed by atoms with van der Waals surface area (Å²) in [6.45, 7) is 3.32. The van der Waals surface area contributed by atoms with E-state index in [-0.39, 0.29) is 29.5 Å². The highest BCUT2D eigenvalue weighted by molar-refractivity contribution is 5.98. The van der Waals surface area contributed by atoms with Gasteiger partial charge in [0.25, 0.3) is 12.3 Å². The second-order valence-corrected chi connectivity index (χ2v) is 8.29. The maximum absolute atomic E-state index is 13.5. The zero-order valence-electron chi connectivity index (χ0n) is 18.3. The molecule has 1 unspecified atom stereocenters. The molecule has 3 heterocycles. The Morgan fingerprint density at radius 3 is 2.64 bits per heavy atom. The van der Waals surface area contributed by atoms with E-state index < -0.39 is 12.0 Å². The smallest absolute Gasteiger partial charge is 0.270 e. The molecule has 0 spiro atoms. The zero-order chi connectivity index (χ0) is 23.6. The predicted molar refractivity (Wildman–Crippen MR) is 115 cm³/mol. The Morgan fingerprint density at radius 1 is 1.18 bits per heavy atom. The van der Waals surface area contributed by atoms with E-state index in [2.05, 4.69) is 15.2 Å². The van der Waals surface area contributed by atoms with Crippen LogP contribution in [0.15, 0.2) is 55.0 Å². The van der Waals surface area contributed by atoms with E-state index in [1.54, 1.807) is 35.5 Å². The minimum absolute atomic E-state index is 0.0141. The summed E-state index contributed by atoms with van der Waals surface area (Å²) in [6, 6.07) is 9.74. The molecule has 3 atom stereocenters. The molecular weight excluding hydrogens is 432 g/mol. The third-order valence-electron chi connectivity index (χ3n) is 5.90. The van der Waals surface area contributed by atoms with Gasteiger partial charge in [-0.25, -0.2) is 13.8 Å². The second-order valence-electron chi connectivity index (χ2n) is 8.29. The van der Waals surface area contributed by atoms with Crippen molar-refractivity contribution in [2.45, 2.75) is 50.9 Å². The van der Waals surface area contributed by atoms with Crippen molar-refractivity contribution in [3.63, 3.8) is 0 Å². The summed E-state index contributed by atoms with van der Waals surface area (Å²) in [5.41, 5.74) is -1.25. The number of ether oxygens (including phenoxy) is 1. The molecule has 3 aromatic rings. The summed E-state index contributed by atoms with van der Waals surface area (Å²) in [5, 5.41) is 18.3. The number of halogens is 2. The van der Waals surface area contributed by atoms with E-state index in [4.69, 9.17) is 4.74 Å². The number of carbonyl (C=O) groups is 1. The van der Waals surface area contributed by atoms with E-state index in [9.17, 15) is 18.7 Å². The Kier molecular flexibility index (Phi) is 6.37. The molecule has 0 aliphatic carbocycles. The summed E-state index contributed by atoms with van der Waals surface area (Å²) < 4.78 is 32.3. The van der Waals surface area contributed by atoms with Crippen molar-refractivity contribution in [2.75, 3.05) is 6.54 Å². The molecule has 0 bridgehead atoms. The van der Waals surface area contributed by atoms with Crippen LogP contribution in [0.25, 0.3) is 5.69 Å². The van der Waals surface area contributed by atoms with Crippen molar-refractivity contribution >= 4 is 5.91 Å². The molecule has 0 saturated carbocycles. The first-order valence-electron chi connectivity index (χ1n) is 10.7. The molecule has 1 amide bonds. The first-order valence-corrected chi connectivity index (χ1v) is 10.7. The Labute approximate surface area is 189 Å². The van der Waals surface area contributed by atoms with E-state index >= 15 is 0 Å². The van der Waals surface area contributed by atoms with E-state index in [1.165, 1.54) is 23.1 Å². The molecule has 1 aliphatic heterocycles. The lowest BCUT2D eigenvalue weighted by molar-refractivity contribution is -0.0885. The van der Waals surface area contributed by atoms with Crippen molar-refractivity contribution in [1.82, 2.24) is 24.9 Å². The number of hydrogen-bond acceptors (Lipinski definition) is 6. The van der Waals surface area contributed by atoms with Gasteiger partial charge in [-0.2, -0.15) is 15.0 Å². The van der Waals surface area contributed by atoms with Crippen molar-refractivity contribution in [2.24, 2.45) is 0 Å². The van der Waals surface area contributed by atoms with Gasteiger partial charge in [0.1, 0.15) is 11.7 Å². The number of aliphatic hydroxyl groups is 1. The number of piperidine rings is 1. The number of hydrogen-bond donors (Lipinski definition) is 1. The van der Waals surface area contributed by atoms with Crippen LogP contribution in [0.4, 0.5) is 8.78 Å². The summed E-state index contributed by atoms with van der Waals surface area (Å²) in [4.78, 5) is 20.7. The van der Waals surface area contributed by atoms with Gasteiger partial charge in [-0.05, 0) is 50.5 Å². The Balaban J connectivity index is 1.53. The molecule has 0 radical (unpaired) electrons. The molecule has 1 N–H and O–H groups in total. The van der Waals surface area contributed by atoms with Crippen molar-refractivity contribution in [1.29, 1.82) is 0 Å². The molecule has 2 aromatic heterocycles. The first-order chi connectivity index (χ1) is 15.8. The van der Waals surface area contributed by atoms with Crippen molar-refractivity contribution < 1.29 is 23.4 Å². The van der Waals surface area contributed by atoms with Gasteiger partial charge in [0.15, 0.2) is 0 Å². The fourth-order valence-electron chi connectivity index (χ4n) is 3.86. The van der Waals surface area contributed by atoms with Crippen LogP contribution in [0.3, 0.4) is 0 Å². The van der Waals surface area contributed by atoms with E-state index in [0.717, 1.165) is 6.92 Å². The lowest BCUT2D eigenvalue weighted by Crippen LogP contribution is -2.49. The Bertz CT molecular complexity index is 1110. The number of likely N-dealkylation sites (tertiary alicyclic amines) is 1. The zero-order valence-corrected chi connectivity index (χ0v) is 18.3. The van der Waals surface area contributed by atoms with Crippen molar-refractivity contribution in [3.05, 3.63) is 66.1 Å². The topological polar surface area (TPSA) is 93.4 Å². The Morgan fingerprint density at radius 2 is 1.91 bits per heavy atom. The highest BCUT2D eigenvalue weighted by Gasteiger charge is 2.35. The van der Waals surface area contributed by atoms with Gasteiger partial charge < -0.3 is 14.7 Å². The number of aromatic nitrogens is 4. The third-order valence-corrected chi connectivity index (χ3v) is 5.90. The van der Waals surface area contributed by atoms with Crippen LogP contribution < -0.4 is 4.74 Å². The highest BCUT2D eigenvalue weighted by Crippen LogP contribution is 2.30. The van der Waals surface area contributed by atoms with Crippen LogP contribution in [-0.2, 0) is 5.60 Å². The molecule has 1 saturated heterocycles. The minimum atomic E-state index is -2.96. The number of amides is 1. The average molecular weight is 457 g/mol. The van der Waals surface area contributed by atoms with Crippen LogP contribution in [0.1, 0.15) is 42.6 Å². The molecular formula is C23H25F2N5O3. The second kappa shape index (κ2) is 9.22. The average Bonchev–Trinajstić information content (AvgIpc) is 3.35. The van der Waals surface area contributed by atoms with Gasteiger partial charge >= 0.3 is 0 Å². The van der Waals surface area contributed by atoms with Gasteiger partial charge in [-0.1, -0.05) is 12.1 Å². The lowest BCUT2D eigenvalue weighted by Gasteiger charge is -2.38. The fourth-order valence-corrected chi connectivity index (χ4v) is 3.86. The molecule has 174 valence electrons. The first kappa shape index (κ1) is 22.8. The van der Waals surface area contributed by atoms with Gasteiger partial charge in [0.2, 0.25) is 5.88 Å². The lowest BCUT2D eigenvalue weighted by atomic mass is 9.97. The van der Waals surface area contributed by atoms with Gasteiger partial charge in [-0.3, -0.25) is 4.79 Å². The molecule has 1 aliphatic rings. The minimum Gasteiger partial charge on any atom is -0.472 e. The summed E-state index contributed by atoms with van der Waals surface area (Å²) in [5.74, 6) is -0.0486. The largest absolute Gasteiger partial charge is 0.472 e. The number of nitrogens with zero attached hydrogens (tertiary/aromatic N) is 5. The van der Waals surface area contributed by atoms with E-state index in [1.807, 2.05) is 13.0 Å². The maximum Gasteiger partial charge on any atom is 0.270 e. The Hall–Kier alpha value is -3.40. The van der Waals surface area contributed by atoms with Crippen LogP contribution in [0, 0.1) is 0 Å². The SMILES string of the molecule is C[C@@H]1CC[C@@H](Oc2cc(C(C)(O)C(F)F)ccn2)CN1C(=O)c1ccccc1-n1nccn1. The molecule has 1 aromatic carbocycles. The number of carbonyl (C=O) groups excluding carboxylic acids is 1. The van der Waals surface area contributed by atoms with Crippen LogP contribution in [0.5, 0.6) is 5.88 Å². The summed E-state index contributed by atoms with van der Waals surface area (Å²) in [7, 11) is 0. The van der Waals surface area contributed by atoms with Crippen molar-refractivity contribution in [3.8, 4) is 11.6 Å². The molecule has 33 heavy (non-hydrogen) atoms. The molecule has 10 heteroatoms. The quantitative estimate of drug-likeness (QED) is 0.611. The number of para-hydroxylation sites is 1. The summed E-state index contributed by atoms with van der Waals surface area (Å²) >= 11 is 0. The number of pyridine rings is 1. The molecule has 4 rings (SSSR count). The summed E-state index contributed by atoms with van der Waals surface area (Å²) in [6.07, 6.45) is 2.45. The number of alkyl halides is 2. The normalized spacial score (nSPS) is 20.5. The highest BCUT2D eigenvalue weighted by atomic mass is 19.3. The van der Waals surface area contributed by atoms with Crippen LogP contribution in [0.2, 0.25) is 0 Å². The standard InChI is InChI=1S/C23H25F2N5O3/c1-15-7-8-17(33-20-13-16(9-10-26-20)23(2,32)22(24)25)14-29(15)21(31)18-5-3-4-6-19(18)30-27-11-12-28-30/h3-6,9-13,15,17,22,32H,7-8,14H2,1-2H3/t15-,17-,23?/m1/s1. The monoisotopic (exact) mass is 457 g/mol. The van der Waals surface area contributed by atoms with Gasteiger partial charge in [0.05, 0.1) is 30.2 Å². The number of benzene rings is 1. The fraction of sp³-hybridized carbons (Fsp3) is 0.391.